The second-order valence-corrected chi connectivity index (χ2v) is 6.80. The molecule has 0 saturated heterocycles. The first-order valence-electron chi connectivity index (χ1n) is 5.77. The van der Waals surface area contributed by atoms with Crippen LogP contribution in [0.15, 0.2) is 39.9 Å². The summed E-state index contributed by atoms with van der Waals surface area (Å²) in [7, 11) is -3.32. The van der Waals surface area contributed by atoms with E-state index in [2.05, 4.69) is 10.1 Å². The fourth-order valence-electron chi connectivity index (χ4n) is 2.10. The maximum absolute atomic E-state index is 11.8. The molecule has 0 amide bonds. The first-order valence-corrected chi connectivity index (χ1v) is 8.07. The quantitative estimate of drug-likeness (QED) is 0.750. The van der Waals surface area contributed by atoms with Gasteiger partial charge in [-0.25, -0.2) is 8.42 Å². The number of benzene rings is 1. The Labute approximate surface area is 119 Å². The Hall–Kier alpha value is -1.93. The number of imidazole rings is 1. The molecule has 104 valence electrons. The maximum atomic E-state index is 11.8. The smallest absolute Gasteiger partial charge is 0.178 e. The van der Waals surface area contributed by atoms with Crippen LogP contribution in [0.4, 0.5) is 0 Å². The summed E-state index contributed by atoms with van der Waals surface area (Å²) in [5, 5.41) is 3.84. The molecular weight excluding hydrogens is 298 g/mol. The fourth-order valence-corrected chi connectivity index (χ4v) is 3.22. The molecule has 0 bridgehead atoms. The number of para-hydroxylation sites is 1. The number of nitrogens with one attached hydrogen (secondary N) is 1. The first-order chi connectivity index (χ1) is 9.47. The molecule has 0 radical (unpaired) electrons. The molecule has 3 rings (SSSR count). The van der Waals surface area contributed by atoms with Crippen molar-refractivity contribution in [3.05, 3.63) is 41.0 Å². The van der Waals surface area contributed by atoms with Crippen LogP contribution in [0.25, 0.3) is 11.0 Å². The standard InChI is InChI=1S/C12H11N3O3S2/c1-20(16,17)10-4-2-3-9-11(10)13-12(19)15(9)7-8-5-6-18-14-8/h2-6H,7H2,1H3,(H,13,19). The second-order valence-electron chi connectivity index (χ2n) is 4.43. The molecule has 8 heteroatoms. The van der Waals surface area contributed by atoms with Gasteiger partial charge < -0.3 is 14.1 Å². The van der Waals surface area contributed by atoms with Crippen LogP contribution in [0.1, 0.15) is 5.69 Å². The van der Waals surface area contributed by atoms with Gasteiger partial charge in [0.2, 0.25) is 0 Å². The predicted molar refractivity (Wildman–Crippen MR) is 75.8 cm³/mol. The summed E-state index contributed by atoms with van der Waals surface area (Å²) in [5.41, 5.74) is 1.95. The van der Waals surface area contributed by atoms with Crippen molar-refractivity contribution in [3.63, 3.8) is 0 Å². The van der Waals surface area contributed by atoms with Gasteiger partial charge in [0, 0.05) is 12.3 Å². The van der Waals surface area contributed by atoms with Gasteiger partial charge in [-0.3, -0.25) is 0 Å². The first kappa shape index (κ1) is 13.1. The molecule has 0 unspecified atom stereocenters. The zero-order chi connectivity index (χ0) is 14.3. The molecular formula is C12H11N3O3S2. The molecule has 0 aliphatic heterocycles. The number of aromatic nitrogens is 3. The van der Waals surface area contributed by atoms with Gasteiger partial charge >= 0.3 is 0 Å². The van der Waals surface area contributed by atoms with E-state index in [0.717, 1.165) is 5.52 Å². The third-order valence-corrected chi connectivity index (χ3v) is 4.44. The summed E-state index contributed by atoms with van der Waals surface area (Å²) in [5.74, 6) is 0. The molecule has 20 heavy (non-hydrogen) atoms. The van der Waals surface area contributed by atoms with Gasteiger partial charge in [0.05, 0.1) is 22.5 Å². The van der Waals surface area contributed by atoms with Crippen LogP contribution in [-0.4, -0.2) is 29.4 Å². The normalized spacial score (nSPS) is 12.1. The van der Waals surface area contributed by atoms with Crippen molar-refractivity contribution in [2.45, 2.75) is 11.4 Å². The molecule has 0 saturated carbocycles. The van der Waals surface area contributed by atoms with Crippen molar-refractivity contribution in [3.8, 4) is 0 Å². The van der Waals surface area contributed by atoms with E-state index in [-0.39, 0.29) is 4.90 Å². The monoisotopic (exact) mass is 309 g/mol. The van der Waals surface area contributed by atoms with Crippen LogP contribution in [-0.2, 0) is 16.4 Å². The number of rotatable bonds is 3. The van der Waals surface area contributed by atoms with Crippen LogP contribution in [0, 0.1) is 4.77 Å². The summed E-state index contributed by atoms with van der Waals surface area (Å²) >= 11 is 5.26. The number of aromatic amines is 1. The average Bonchev–Trinajstić information content (AvgIpc) is 2.97. The number of fused-ring (bicyclic) bond motifs is 1. The molecule has 2 aromatic heterocycles. The summed E-state index contributed by atoms with van der Waals surface area (Å²) < 4.78 is 30.6. The van der Waals surface area contributed by atoms with Crippen LogP contribution in [0.3, 0.4) is 0 Å². The molecule has 0 fully saturated rings. The lowest BCUT2D eigenvalue weighted by molar-refractivity contribution is 0.410. The minimum atomic E-state index is -3.32. The van der Waals surface area contributed by atoms with Crippen molar-refractivity contribution in [1.82, 2.24) is 14.7 Å². The molecule has 2 heterocycles. The van der Waals surface area contributed by atoms with E-state index in [1.807, 2.05) is 6.07 Å². The van der Waals surface area contributed by atoms with E-state index < -0.39 is 9.84 Å². The highest BCUT2D eigenvalue weighted by Crippen LogP contribution is 2.23. The largest absolute Gasteiger partial charge is 0.364 e. The highest BCUT2D eigenvalue weighted by molar-refractivity contribution is 7.91. The Balaban J connectivity index is 2.25. The van der Waals surface area contributed by atoms with Crippen LogP contribution >= 0.6 is 12.2 Å². The maximum Gasteiger partial charge on any atom is 0.178 e. The zero-order valence-corrected chi connectivity index (χ0v) is 12.2. The van der Waals surface area contributed by atoms with E-state index in [4.69, 9.17) is 16.7 Å². The number of H-pyrrole nitrogens is 1. The second kappa shape index (κ2) is 4.57. The zero-order valence-electron chi connectivity index (χ0n) is 10.5. The van der Waals surface area contributed by atoms with Gasteiger partial charge in [-0.2, -0.15) is 0 Å². The van der Waals surface area contributed by atoms with Crippen molar-refractivity contribution in [1.29, 1.82) is 0 Å². The van der Waals surface area contributed by atoms with Gasteiger partial charge in [-0.1, -0.05) is 11.2 Å². The Bertz CT molecular complexity index is 921. The summed E-state index contributed by atoms with van der Waals surface area (Å²) in [4.78, 5) is 3.19. The molecule has 3 aromatic rings. The van der Waals surface area contributed by atoms with Crippen LogP contribution in [0.5, 0.6) is 0 Å². The Morgan fingerprint density at radius 2 is 2.20 bits per heavy atom. The molecule has 1 aromatic carbocycles. The van der Waals surface area contributed by atoms with Crippen molar-refractivity contribution in [2.75, 3.05) is 6.26 Å². The fraction of sp³-hybridized carbons (Fsp3) is 0.167. The lowest BCUT2D eigenvalue weighted by Gasteiger charge is -2.03. The van der Waals surface area contributed by atoms with Crippen molar-refractivity contribution >= 4 is 33.1 Å². The molecule has 6 nitrogen and oxygen atoms in total. The number of hydrogen-bond donors (Lipinski definition) is 1. The topological polar surface area (TPSA) is 80.9 Å². The van der Waals surface area contributed by atoms with Gasteiger partial charge in [0.15, 0.2) is 14.6 Å². The van der Waals surface area contributed by atoms with E-state index in [1.165, 1.54) is 12.5 Å². The molecule has 0 aliphatic carbocycles. The van der Waals surface area contributed by atoms with E-state index in [1.54, 1.807) is 22.8 Å². The van der Waals surface area contributed by atoms with E-state index >= 15 is 0 Å². The van der Waals surface area contributed by atoms with Gasteiger partial charge in [-0.15, -0.1) is 0 Å². The number of sulfone groups is 1. The van der Waals surface area contributed by atoms with Crippen molar-refractivity contribution in [2.24, 2.45) is 0 Å². The minimum Gasteiger partial charge on any atom is -0.364 e. The van der Waals surface area contributed by atoms with Gasteiger partial charge in [0.25, 0.3) is 0 Å². The summed E-state index contributed by atoms with van der Waals surface area (Å²) in [6.07, 6.45) is 2.66. The van der Waals surface area contributed by atoms with Gasteiger partial charge in [-0.05, 0) is 24.4 Å². The molecule has 0 aliphatic rings. The van der Waals surface area contributed by atoms with E-state index in [0.29, 0.717) is 22.5 Å². The average molecular weight is 309 g/mol. The number of nitrogens with zero attached hydrogens (tertiary/aromatic N) is 2. The van der Waals surface area contributed by atoms with E-state index in [9.17, 15) is 8.42 Å². The van der Waals surface area contributed by atoms with Crippen molar-refractivity contribution < 1.29 is 12.9 Å². The molecule has 0 atom stereocenters. The predicted octanol–water partition coefficient (Wildman–Crippen LogP) is 2.14. The third kappa shape index (κ3) is 2.16. The summed E-state index contributed by atoms with van der Waals surface area (Å²) in [6.45, 7) is 0.419. The highest BCUT2D eigenvalue weighted by atomic mass is 32.2. The third-order valence-electron chi connectivity index (χ3n) is 2.98. The lowest BCUT2D eigenvalue weighted by atomic mass is 10.3. The van der Waals surface area contributed by atoms with Gasteiger partial charge in [0.1, 0.15) is 12.0 Å². The highest BCUT2D eigenvalue weighted by Gasteiger charge is 2.15. The summed E-state index contributed by atoms with van der Waals surface area (Å²) in [6, 6.07) is 6.81. The number of hydrogen-bond acceptors (Lipinski definition) is 5. The Kier molecular flexibility index (Phi) is 2.98. The Morgan fingerprint density at radius 3 is 2.85 bits per heavy atom. The lowest BCUT2D eigenvalue weighted by Crippen LogP contribution is -2.01. The minimum absolute atomic E-state index is 0.236. The SMILES string of the molecule is CS(=O)(=O)c1cccc2c1[nH]c(=S)n2Cc1ccon1. The molecule has 0 spiro atoms. The van der Waals surface area contributed by atoms with Crippen LogP contribution < -0.4 is 0 Å². The Morgan fingerprint density at radius 1 is 1.40 bits per heavy atom. The van der Waals surface area contributed by atoms with Crippen LogP contribution in [0.2, 0.25) is 0 Å². The molecule has 1 N–H and O–H groups in total.